The topological polar surface area (TPSA) is 114 Å². The van der Waals surface area contributed by atoms with Gasteiger partial charge in [0.1, 0.15) is 0 Å². The summed E-state index contributed by atoms with van der Waals surface area (Å²) >= 11 is 0. The van der Waals surface area contributed by atoms with Gasteiger partial charge in [0.15, 0.2) is 9.84 Å². The van der Waals surface area contributed by atoms with Gasteiger partial charge >= 0.3 is 6.03 Å². The second-order valence-corrected chi connectivity index (χ2v) is 8.61. The molecule has 1 aliphatic rings. The van der Waals surface area contributed by atoms with E-state index in [1.165, 1.54) is 0 Å². The number of carbonyl (C=O) groups excluding carboxylic acids is 2. The van der Waals surface area contributed by atoms with E-state index in [0.29, 0.717) is 37.4 Å². The molecule has 144 valence electrons. The van der Waals surface area contributed by atoms with E-state index in [4.69, 9.17) is 4.74 Å². The molecule has 8 nitrogen and oxygen atoms in total. The third-order valence-corrected chi connectivity index (χ3v) is 6.04. The van der Waals surface area contributed by atoms with Crippen molar-refractivity contribution in [1.82, 2.24) is 10.6 Å². The van der Waals surface area contributed by atoms with Gasteiger partial charge in [0, 0.05) is 31.5 Å². The summed E-state index contributed by atoms with van der Waals surface area (Å²) in [5.41, 5.74) is 1.85. The molecule has 26 heavy (non-hydrogen) atoms. The van der Waals surface area contributed by atoms with E-state index in [0.717, 1.165) is 5.56 Å². The van der Waals surface area contributed by atoms with Gasteiger partial charge in [0.25, 0.3) is 5.91 Å². The van der Waals surface area contributed by atoms with E-state index in [-0.39, 0.29) is 23.3 Å². The Labute approximate surface area is 153 Å². The van der Waals surface area contributed by atoms with Crippen LogP contribution in [0.3, 0.4) is 0 Å². The van der Waals surface area contributed by atoms with E-state index in [9.17, 15) is 18.0 Å². The number of urea groups is 1. The van der Waals surface area contributed by atoms with Gasteiger partial charge in [-0.15, -0.1) is 0 Å². The average Bonchev–Trinajstić information content (AvgIpc) is 2.94. The van der Waals surface area contributed by atoms with Crippen molar-refractivity contribution in [1.29, 1.82) is 0 Å². The molecule has 1 aromatic rings. The molecule has 3 N–H and O–H groups in total. The Balaban J connectivity index is 1.85. The summed E-state index contributed by atoms with van der Waals surface area (Å²) in [6.45, 7) is 2.98. The quantitative estimate of drug-likeness (QED) is 0.606. The predicted octanol–water partition coefficient (Wildman–Crippen LogP) is 0.927. The Morgan fingerprint density at radius 2 is 2.04 bits per heavy atom. The van der Waals surface area contributed by atoms with Gasteiger partial charge in [-0.3, -0.25) is 4.79 Å². The number of benzene rings is 1. The SMILES string of the molecule is COCCNC(=O)c1ccc(NC(=O)NC[C@H]2CCS(=O)(=O)C2)c(C)c1. The van der Waals surface area contributed by atoms with Gasteiger partial charge in [-0.05, 0) is 43.0 Å². The summed E-state index contributed by atoms with van der Waals surface area (Å²) in [4.78, 5) is 24.0. The molecule has 1 heterocycles. The summed E-state index contributed by atoms with van der Waals surface area (Å²) in [6.07, 6.45) is 0.578. The fraction of sp³-hybridized carbons (Fsp3) is 0.529. The second kappa shape index (κ2) is 9.00. The van der Waals surface area contributed by atoms with Crippen LogP contribution in [-0.2, 0) is 14.6 Å². The first kappa shape index (κ1) is 20.2. The molecular weight excluding hydrogens is 358 g/mol. The highest BCUT2D eigenvalue weighted by Crippen LogP contribution is 2.18. The lowest BCUT2D eigenvalue weighted by atomic mass is 10.1. The van der Waals surface area contributed by atoms with Crippen molar-refractivity contribution >= 4 is 27.5 Å². The minimum Gasteiger partial charge on any atom is -0.383 e. The number of anilines is 1. The molecule has 0 unspecified atom stereocenters. The molecule has 0 aromatic heterocycles. The predicted molar refractivity (Wildman–Crippen MR) is 99.2 cm³/mol. The second-order valence-electron chi connectivity index (χ2n) is 6.38. The monoisotopic (exact) mass is 383 g/mol. The van der Waals surface area contributed by atoms with Crippen LogP contribution < -0.4 is 16.0 Å². The Kier molecular flexibility index (Phi) is 6.98. The number of hydrogen-bond acceptors (Lipinski definition) is 5. The number of carbonyl (C=O) groups is 2. The molecule has 1 fully saturated rings. The smallest absolute Gasteiger partial charge is 0.319 e. The van der Waals surface area contributed by atoms with Gasteiger partial charge in [0.2, 0.25) is 0 Å². The molecule has 0 spiro atoms. The number of ether oxygens (including phenoxy) is 1. The molecule has 0 radical (unpaired) electrons. The number of sulfone groups is 1. The number of rotatable bonds is 7. The van der Waals surface area contributed by atoms with E-state index in [1.807, 2.05) is 0 Å². The summed E-state index contributed by atoms with van der Waals surface area (Å²) in [5.74, 6) is 0.0706. The summed E-state index contributed by atoms with van der Waals surface area (Å²) in [5, 5.41) is 8.16. The van der Waals surface area contributed by atoms with Crippen LogP contribution in [0.2, 0.25) is 0 Å². The van der Waals surface area contributed by atoms with Crippen LogP contribution in [0.1, 0.15) is 22.3 Å². The molecular formula is C17H25N3O5S. The van der Waals surface area contributed by atoms with Crippen molar-refractivity contribution in [3.05, 3.63) is 29.3 Å². The summed E-state index contributed by atoms with van der Waals surface area (Å²) in [6, 6.07) is 4.60. The maximum Gasteiger partial charge on any atom is 0.319 e. The Bertz CT molecular complexity index is 764. The zero-order chi connectivity index (χ0) is 19.2. The maximum absolute atomic E-state index is 12.0. The minimum atomic E-state index is -2.95. The largest absolute Gasteiger partial charge is 0.383 e. The van der Waals surface area contributed by atoms with Gasteiger partial charge < -0.3 is 20.7 Å². The Hall–Kier alpha value is -2.13. The van der Waals surface area contributed by atoms with Crippen molar-refractivity contribution in [2.24, 2.45) is 5.92 Å². The molecule has 3 amide bonds. The van der Waals surface area contributed by atoms with Crippen molar-refractivity contribution in [2.45, 2.75) is 13.3 Å². The van der Waals surface area contributed by atoms with E-state index in [2.05, 4.69) is 16.0 Å². The number of methoxy groups -OCH3 is 1. The van der Waals surface area contributed by atoms with E-state index in [1.54, 1.807) is 32.2 Å². The fourth-order valence-electron chi connectivity index (χ4n) is 2.75. The van der Waals surface area contributed by atoms with E-state index < -0.39 is 15.9 Å². The van der Waals surface area contributed by atoms with Gasteiger partial charge in [-0.1, -0.05) is 0 Å². The van der Waals surface area contributed by atoms with Crippen LogP contribution in [-0.4, -0.2) is 58.7 Å². The number of aryl methyl sites for hydroxylation is 1. The standard InChI is InChI=1S/C17H25N3O5S/c1-12-9-14(16(21)18-6-7-25-2)3-4-15(12)20-17(22)19-10-13-5-8-26(23,24)11-13/h3-4,9,13H,5-8,10-11H2,1-2H3,(H,18,21)(H2,19,20,22)/t13-/m1/s1. The molecule has 0 aliphatic carbocycles. The molecule has 1 aliphatic heterocycles. The lowest BCUT2D eigenvalue weighted by Gasteiger charge is -2.13. The Morgan fingerprint density at radius 1 is 1.27 bits per heavy atom. The van der Waals surface area contributed by atoms with E-state index >= 15 is 0 Å². The van der Waals surface area contributed by atoms with Crippen molar-refractivity contribution in [3.8, 4) is 0 Å². The van der Waals surface area contributed by atoms with Crippen molar-refractivity contribution in [3.63, 3.8) is 0 Å². The number of hydrogen-bond donors (Lipinski definition) is 3. The van der Waals surface area contributed by atoms with Crippen LogP contribution >= 0.6 is 0 Å². The third kappa shape index (κ3) is 5.99. The highest BCUT2D eigenvalue weighted by atomic mass is 32.2. The Morgan fingerprint density at radius 3 is 2.65 bits per heavy atom. The number of amides is 3. The lowest BCUT2D eigenvalue weighted by Crippen LogP contribution is -2.33. The lowest BCUT2D eigenvalue weighted by molar-refractivity contribution is 0.0937. The third-order valence-electron chi connectivity index (χ3n) is 4.21. The molecule has 1 aromatic carbocycles. The summed E-state index contributed by atoms with van der Waals surface area (Å²) < 4.78 is 27.7. The minimum absolute atomic E-state index is 0.0370. The molecule has 0 bridgehead atoms. The first-order valence-electron chi connectivity index (χ1n) is 8.44. The molecule has 0 saturated carbocycles. The van der Waals surface area contributed by atoms with Crippen LogP contribution in [0.5, 0.6) is 0 Å². The fourth-order valence-corrected chi connectivity index (χ4v) is 4.61. The van der Waals surface area contributed by atoms with Crippen LogP contribution in [0.4, 0.5) is 10.5 Å². The van der Waals surface area contributed by atoms with Crippen LogP contribution in [0.25, 0.3) is 0 Å². The molecule has 1 saturated heterocycles. The first-order chi connectivity index (χ1) is 12.3. The normalized spacial score (nSPS) is 18.3. The molecule has 2 rings (SSSR count). The van der Waals surface area contributed by atoms with Crippen molar-refractivity contribution in [2.75, 3.05) is 43.6 Å². The number of nitrogens with one attached hydrogen (secondary N) is 3. The summed E-state index contributed by atoms with van der Waals surface area (Å²) in [7, 11) is -1.38. The zero-order valence-electron chi connectivity index (χ0n) is 15.0. The average molecular weight is 383 g/mol. The van der Waals surface area contributed by atoms with Gasteiger partial charge in [0.05, 0.1) is 18.1 Å². The first-order valence-corrected chi connectivity index (χ1v) is 10.3. The molecule has 1 atom stereocenters. The van der Waals surface area contributed by atoms with Crippen LogP contribution in [0.15, 0.2) is 18.2 Å². The van der Waals surface area contributed by atoms with Crippen molar-refractivity contribution < 1.29 is 22.7 Å². The highest BCUT2D eigenvalue weighted by molar-refractivity contribution is 7.91. The zero-order valence-corrected chi connectivity index (χ0v) is 15.8. The molecule has 9 heteroatoms. The highest BCUT2D eigenvalue weighted by Gasteiger charge is 2.27. The van der Waals surface area contributed by atoms with Crippen LogP contribution in [0, 0.1) is 12.8 Å². The maximum atomic E-state index is 12.0. The van der Waals surface area contributed by atoms with Gasteiger partial charge in [-0.25, -0.2) is 13.2 Å². The van der Waals surface area contributed by atoms with Gasteiger partial charge in [-0.2, -0.15) is 0 Å².